The zero-order chi connectivity index (χ0) is 17.4. The summed E-state index contributed by atoms with van der Waals surface area (Å²) < 4.78 is 5.73. The molecule has 1 saturated heterocycles. The molecule has 1 aromatic heterocycles. The zero-order valence-corrected chi connectivity index (χ0v) is 17.2. The molecular formula is C17H29Cl2N5O2. The van der Waals surface area contributed by atoms with Crippen molar-refractivity contribution in [1.82, 2.24) is 14.9 Å². The molecule has 1 aliphatic carbocycles. The van der Waals surface area contributed by atoms with Crippen LogP contribution >= 0.6 is 24.8 Å². The van der Waals surface area contributed by atoms with Crippen molar-refractivity contribution in [2.75, 3.05) is 37.7 Å². The molecule has 2 atom stereocenters. The monoisotopic (exact) mass is 405 g/mol. The van der Waals surface area contributed by atoms with E-state index in [0.717, 1.165) is 18.9 Å². The molecule has 0 spiro atoms. The summed E-state index contributed by atoms with van der Waals surface area (Å²) in [4.78, 5) is 25.5. The van der Waals surface area contributed by atoms with Crippen molar-refractivity contribution in [2.45, 2.75) is 38.8 Å². The molecule has 9 heteroatoms. The lowest BCUT2D eigenvalue weighted by Crippen LogP contribution is -2.76. The van der Waals surface area contributed by atoms with Gasteiger partial charge >= 0.3 is 0 Å². The number of carbonyl (C=O) groups excluding carboxylic acids is 1. The number of piperazine rings is 1. The first-order chi connectivity index (χ1) is 11.4. The first kappa shape index (κ1) is 22.9. The van der Waals surface area contributed by atoms with Gasteiger partial charge in [0, 0.05) is 57.0 Å². The van der Waals surface area contributed by atoms with Crippen LogP contribution in [0.1, 0.15) is 27.2 Å². The van der Waals surface area contributed by atoms with Gasteiger partial charge in [0.2, 0.25) is 5.91 Å². The summed E-state index contributed by atoms with van der Waals surface area (Å²) in [5.41, 5.74) is 5.34. The second kappa shape index (κ2) is 8.69. The van der Waals surface area contributed by atoms with Gasteiger partial charge in [-0.1, -0.05) is 13.8 Å². The van der Waals surface area contributed by atoms with Crippen molar-refractivity contribution in [3.05, 3.63) is 18.6 Å². The zero-order valence-electron chi connectivity index (χ0n) is 15.6. The normalized spacial score (nSPS) is 27.0. The van der Waals surface area contributed by atoms with Crippen LogP contribution in [0, 0.1) is 5.41 Å². The molecule has 148 valence electrons. The lowest BCUT2D eigenvalue weighted by Gasteiger charge is -2.59. The smallest absolute Gasteiger partial charge is 0.243 e. The van der Waals surface area contributed by atoms with Crippen LogP contribution in [-0.2, 0) is 9.53 Å². The number of anilines is 1. The maximum atomic E-state index is 13.0. The van der Waals surface area contributed by atoms with Crippen molar-refractivity contribution in [3.63, 3.8) is 0 Å². The number of halogens is 2. The Morgan fingerprint density at radius 1 is 1.27 bits per heavy atom. The maximum Gasteiger partial charge on any atom is 0.243 e. The molecule has 1 aliphatic heterocycles. The lowest BCUT2D eigenvalue weighted by molar-refractivity contribution is -0.179. The Hall–Kier alpha value is -1.15. The highest BCUT2D eigenvalue weighted by Crippen LogP contribution is 2.50. The molecule has 2 fully saturated rings. The number of carbonyl (C=O) groups is 1. The average Bonchev–Trinajstić information content (AvgIpc) is 2.61. The fraction of sp³-hybridized carbons (Fsp3) is 0.706. The maximum absolute atomic E-state index is 13.0. The van der Waals surface area contributed by atoms with Crippen LogP contribution < -0.4 is 10.6 Å². The fourth-order valence-corrected chi connectivity index (χ4v) is 3.67. The van der Waals surface area contributed by atoms with E-state index in [4.69, 9.17) is 10.5 Å². The molecule has 1 aromatic rings. The minimum atomic E-state index is -0.832. The van der Waals surface area contributed by atoms with Gasteiger partial charge in [-0.3, -0.25) is 9.78 Å². The Labute approximate surface area is 167 Å². The molecule has 2 unspecified atom stereocenters. The summed E-state index contributed by atoms with van der Waals surface area (Å²) in [6.45, 7) is 9.49. The van der Waals surface area contributed by atoms with E-state index in [1.54, 1.807) is 18.6 Å². The molecule has 26 heavy (non-hydrogen) atoms. The molecule has 1 amide bonds. The highest BCUT2D eigenvalue weighted by molar-refractivity contribution is 5.89. The molecule has 0 aromatic carbocycles. The first-order valence-corrected chi connectivity index (χ1v) is 8.61. The van der Waals surface area contributed by atoms with E-state index in [1.165, 1.54) is 0 Å². The number of amides is 1. The fourth-order valence-electron chi connectivity index (χ4n) is 3.67. The Morgan fingerprint density at radius 2 is 1.92 bits per heavy atom. The first-order valence-electron chi connectivity index (χ1n) is 8.61. The van der Waals surface area contributed by atoms with Crippen LogP contribution in [0.3, 0.4) is 0 Å². The van der Waals surface area contributed by atoms with Crippen LogP contribution in [0.2, 0.25) is 0 Å². The highest BCUT2D eigenvalue weighted by Gasteiger charge is 2.63. The van der Waals surface area contributed by atoms with Gasteiger partial charge in [0.25, 0.3) is 0 Å². The van der Waals surface area contributed by atoms with Crippen molar-refractivity contribution in [3.8, 4) is 0 Å². The van der Waals surface area contributed by atoms with E-state index in [0.29, 0.717) is 26.1 Å². The van der Waals surface area contributed by atoms with Crippen LogP contribution in [-0.4, -0.2) is 65.2 Å². The Bertz CT molecular complexity index is 596. The van der Waals surface area contributed by atoms with Crippen LogP contribution in [0.4, 0.5) is 5.82 Å². The standard InChI is InChI=1S/C17H27N5O2.2ClH/c1-4-24-13-11-17(18,16(13,2)3)15(23)22-9-7-21(8-10-22)14-12-19-5-6-20-14;;/h5-6,12-13H,4,7-11,18H2,1-3H3;2*1H. The highest BCUT2D eigenvalue weighted by atomic mass is 35.5. The van der Waals surface area contributed by atoms with E-state index < -0.39 is 5.54 Å². The third-order valence-corrected chi connectivity index (χ3v) is 5.65. The number of nitrogens with zero attached hydrogens (tertiary/aromatic N) is 4. The third-order valence-electron chi connectivity index (χ3n) is 5.65. The summed E-state index contributed by atoms with van der Waals surface area (Å²) in [5.74, 6) is 0.898. The number of hydrogen-bond donors (Lipinski definition) is 1. The topological polar surface area (TPSA) is 84.6 Å². The van der Waals surface area contributed by atoms with E-state index >= 15 is 0 Å². The van der Waals surface area contributed by atoms with Crippen molar-refractivity contribution >= 4 is 36.5 Å². The number of aromatic nitrogens is 2. The van der Waals surface area contributed by atoms with Crippen LogP contribution in [0.5, 0.6) is 0 Å². The predicted octanol–water partition coefficient (Wildman–Crippen LogP) is 1.50. The van der Waals surface area contributed by atoms with Crippen LogP contribution in [0.15, 0.2) is 18.6 Å². The number of hydrogen-bond acceptors (Lipinski definition) is 6. The molecular weight excluding hydrogens is 377 g/mol. The minimum absolute atomic E-state index is 0. The van der Waals surface area contributed by atoms with E-state index in [2.05, 4.69) is 14.9 Å². The molecule has 0 radical (unpaired) electrons. The Balaban J connectivity index is 0.00000169. The van der Waals surface area contributed by atoms with Gasteiger partial charge in [-0.25, -0.2) is 4.98 Å². The van der Waals surface area contributed by atoms with E-state index in [-0.39, 0.29) is 42.2 Å². The van der Waals surface area contributed by atoms with E-state index in [9.17, 15) is 4.79 Å². The Morgan fingerprint density at radius 3 is 2.42 bits per heavy atom. The predicted molar refractivity (Wildman–Crippen MR) is 106 cm³/mol. The van der Waals surface area contributed by atoms with Gasteiger partial charge in [0.05, 0.1) is 12.3 Å². The van der Waals surface area contributed by atoms with Crippen molar-refractivity contribution < 1.29 is 9.53 Å². The summed E-state index contributed by atoms with van der Waals surface area (Å²) in [5, 5.41) is 0. The molecule has 7 nitrogen and oxygen atoms in total. The molecule has 2 N–H and O–H groups in total. The Kier molecular flexibility index (Phi) is 7.65. The number of rotatable bonds is 4. The number of nitrogens with two attached hydrogens (primary N) is 1. The average molecular weight is 406 g/mol. The lowest BCUT2D eigenvalue weighted by atomic mass is 9.54. The van der Waals surface area contributed by atoms with Crippen molar-refractivity contribution in [2.24, 2.45) is 11.1 Å². The quantitative estimate of drug-likeness (QED) is 0.816. The molecule has 3 rings (SSSR count). The van der Waals surface area contributed by atoms with Gasteiger partial charge in [0.15, 0.2) is 0 Å². The van der Waals surface area contributed by atoms with Gasteiger partial charge in [-0.05, 0) is 6.92 Å². The molecule has 0 bridgehead atoms. The third kappa shape index (κ3) is 3.76. The van der Waals surface area contributed by atoms with Gasteiger partial charge in [-0.2, -0.15) is 0 Å². The largest absolute Gasteiger partial charge is 0.378 e. The molecule has 2 heterocycles. The number of ether oxygens (including phenoxy) is 1. The summed E-state index contributed by atoms with van der Waals surface area (Å²) in [6.07, 6.45) is 5.75. The van der Waals surface area contributed by atoms with Crippen molar-refractivity contribution in [1.29, 1.82) is 0 Å². The summed E-state index contributed by atoms with van der Waals surface area (Å²) in [6, 6.07) is 0. The van der Waals surface area contributed by atoms with Crippen LogP contribution in [0.25, 0.3) is 0 Å². The second-order valence-corrected chi connectivity index (χ2v) is 7.18. The summed E-state index contributed by atoms with van der Waals surface area (Å²) >= 11 is 0. The van der Waals surface area contributed by atoms with Gasteiger partial charge < -0.3 is 20.3 Å². The van der Waals surface area contributed by atoms with E-state index in [1.807, 2.05) is 25.7 Å². The second-order valence-electron chi connectivity index (χ2n) is 7.18. The molecule has 2 aliphatic rings. The summed E-state index contributed by atoms with van der Waals surface area (Å²) in [7, 11) is 0. The SMILES string of the molecule is CCOC1CC(N)(C(=O)N2CCN(c3cnccn3)CC2)C1(C)C.Cl.Cl. The molecule has 1 saturated carbocycles. The minimum Gasteiger partial charge on any atom is -0.378 e. The van der Waals surface area contributed by atoms with Gasteiger partial charge in [-0.15, -0.1) is 24.8 Å². The van der Waals surface area contributed by atoms with Gasteiger partial charge in [0.1, 0.15) is 11.4 Å².